The monoisotopic (exact) mass is 392 g/mol. The molecule has 0 aliphatic heterocycles. The number of methoxy groups -OCH3 is 1. The van der Waals surface area contributed by atoms with Crippen LogP contribution in [0.4, 0.5) is 5.82 Å². The lowest BCUT2D eigenvalue weighted by Crippen LogP contribution is -2.14. The van der Waals surface area contributed by atoms with E-state index in [9.17, 15) is 10.1 Å². The molecular formula is C21H20N4O4. The van der Waals surface area contributed by atoms with Crippen LogP contribution in [0.15, 0.2) is 58.8 Å². The van der Waals surface area contributed by atoms with Gasteiger partial charge in [0.15, 0.2) is 5.82 Å². The molecule has 2 heterocycles. The molecule has 1 amide bonds. The van der Waals surface area contributed by atoms with E-state index in [0.29, 0.717) is 30.4 Å². The topological polar surface area (TPSA) is 102 Å². The van der Waals surface area contributed by atoms with E-state index in [4.69, 9.17) is 14.0 Å². The Morgan fingerprint density at radius 3 is 2.86 bits per heavy atom. The number of hydrogen-bond acceptors (Lipinski definition) is 6. The number of nitrogens with zero attached hydrogens (tertiary/aromatic N) is 3. The quantitative estimate of drug-likeness (QED) is 0.465. The minimum Gasteiger partial charge on any atom is -0.497 e. The molecule has 0 aliphatic rings. The zero-order valence-electron chi connectivity index (χ0n) is 16.1. The van der Waals surface area contributed by atoms with Crippen molar-refractivity contribution in [1.82, 2.24) is 9.72 Å². The Bertz CT molecular complexity index is 1060. The van der Waals surface area contributed by atoms with Gasteiger partial charge in [-0.1, -0.05) is 11.2 Å². The van der Waals surface area contributed by atoms with E-state index >= 15 is 0 Å². The first-order valence-electron chi connectivity index (χ1n) is 8.87. The van der Waals surface area contributed by atoms with Gasteiger partial charge in [0.1, 0.15) is 35.5 Å². The van der Waals surface area contributed by atoms with Crippen molar-refractivity contribution in [2.45, 2.75) is 13.5 Å². The van der Waals surface area contributed by atoms with Gasteiger partial charge >= 0.3 is 0 Å². The van der Waals surface area contributed by atoms with Gasteiger partial charge in [0.2, 0.25) is 0 Å². The molecule has 3 rings (SSSR count). The highest BCUT2D eigenvalue weighted by Gasteiger charge is 2.13. The first-order valence-corrected chi connectivity index (χ1v) is 8.87. The molecule has 8 heteroatoms. The molecule has 29 heavy (non-hydrogen) atoms. The molecule has 0 unspecified atom stereocenters. The molecule has 148 valence electrons. The molecule has 0 bridgehead atoms. The smallest absolute Gasteiger partial charge is 0.267 e. The third kappa shape index (κ3) is 5.26. The van der Waals surface area contributed by atoms with Crippen LogP contribution in [0.5, 0.6) is 11.5 Å². The average Bonchev–Trinajstić information content (AvgIpc) is 3.34. The molecule has 0 spiro atoms. The van der Waals surface area contributed by atoms with E-state index in [2.05, 4.69) is 10.5 Å². The predicted octanol–water partition coefficient (Wildman–Crippen LogP) is 3.42. The maximum atomic E-state index is 12.3. The van der Waals surface area contributed by atoms with Crippen LogP contribution in [-0.2, 0) is 11.3 Å². The zero-order valence-corrected chi connectivity index (χ0v) is 16.1. The van der Waals surface area contributed by atoms with Crippen molar-refractivity contribution >= 4 is 17.8 Å². The van der Waals surface area contributed by atoms with Gasteiger partial charge in [-0.15, -0.1) is 0 Å². The van der Waals surface area contributed by atoms with Crippen LogP contribution in [0.3, 0.4) is 0 Å². The van der Waals surface area contributed by atoms with Crippen molar-refractivity contribution in [1.29, 1.82) is 5.26 Å². The number of nitrogens with one attached hydrogen (secondary N) is 1. The molecule has 0 fully saturated rings. The maximum absolute atomic E-state index is 12.3. The Labute approximate surface area is 167 Å². The second-order valence-corrected chi connectivity index (χ2v) is 6.10. The number of anilines is 1. The second kappa shape index (κ2) is 9.28. The average molecular weight is 392 g/mol. The highest BCUT2D eigenvalue weighted by atomic mass is 16.5. The predicted molar refractivity (Wildman–Crippen MR) is 106 cm³/mol. The van der Waals surface area contributed by atoms with Gasteiger partial charge in [-0.3, -0.25) is 4.79 Å². The Kier molecular flexibility index (Phi) is 6.32. The van der Waals surface area contributed by atoms with Crippen LogP contribution in [0.25, 0.3) is 6.08 Å². The Morgan fingerprint density at radius 1 is 1.31 bits per heavy atom. The number of rotatable bonds is 8. The van der Waals surface area contributed by atoms with Crippen LogP contribution in [-0.4, -0.2) is 29.3 Å². The number of hydrogen-bond donors (Lipinski definition) is 1. The van der Waals surface area contributed by atoms with Gasteiger partial charge in [-0.2, -0.15) is 5.26 Å². The highest BCUT2D eigenvalue weighted by Crippen LogP contribution is 2.19. The number of carbonyl (C=O) groups is 1. The number of nitriles is 1. The zero-order chi connectivity index (χ0) is 20.6. The maximum Gasteiger partial charge on any atom is 0.267 e. The fourth-order valence-electron chi connectivity index (χ4n) is 2.62. The van der Waals surface area contributed by atoms with E-state index in [0.717, 1.165) is 5.75 Å². The summed E-state index contributed by atoms with van der Waals surface area (Å²) in [5.74, 6) is 1.69. The summed E-state index contributed by atoms with van der Waals surface area (Å²) in [6, 6.07) is 14.5. The van der Waals surface area contributed by atoms with E-state index in [1.807, 2.05) is 47.2 Å². The van der Waals surface area contributed by atoms with E-state index < -0.39 is 5.91 Å². The van der Waals surface area contributed by atoms with Gasteiger partial charge in [0.05, 0.1) is 13.7 Å². The van der Waals surface area contributed by atoms with Crippen molar-refractivity contribution in [3.05, 3.63) is 65.7 Å². The summed E-state index contributed by atoms with van der Waals surface area (Å²) in [6.07, 6.45) is 3.38. The van der Waals surface area contributed by atoms with E-state index in [1.165, 1.54) is 6.08 Å². The standard InChI is InChI=1S/C21H20N4O4/c1-15-11-20(24-29-15)23-21(26)16(14-22)12-17-5-4-8-25(17)9-10-28-19-7-3-6-18(13-19)27-2/h3-8,11-13H,9-10H2,1-2H3,(H,23,24,26)/b16-12-. The lowest BCUT2D eigenvalue weighted by Gasteiger charge is -2.10. The van der Waals surface area contributed by atoms with Crippen molar-refractivity contribution in [3.63, 3.8) is 0 Å². The number of aromatic nitrogens is 2. The molecule has 0 atom stereocenters. The fourth-order valence-corrected chi connectivity index (χ4v) is 2.62. The van der Waals surface area contributed by atoms with Gasteiger partial charge in [0.25, 0.3) is 5.91 Å². The fraction of sp³-hybridized carbons (Fsp3) is 0.190. The van der Waals surface area contributed by atoms with E-state index in [-0.39, 0.29) is 11.4 Å². The molecule has 1 N–H and O–H groups in total. The normalized spacial score (nSPS) is 11.0. The molecule has 0 saturated heterocycles. The number of aryl methyl sites for hydroxylation is 1. The lowest BCUT2D eigenvalue weighted by molar-refractivity contribution is -0.112. The number of ether oxygens (including phenoxy) is 2. The second-order valence-electron chi connectivity index (χ2n) is 6.10. The summed E-state index contributed by atoms with van der Waals surface area (Å²) in [5.41, 5.74) is 0.668. The van der Waals surface area contributed by atoms with Gasteiger partial charge < -0.3 is 23.9 Å². The molecule has 8 nitrogen and oxygen atoms in total. The molecule has 0 aliphatic carbocycles. The number of benzene rings is 1. The molecular weight excluding hydrogens is 372 g/mol. The Balaban J connectivity index is 1.64. The van der Waals surface area contributed by atoms with Gasteiger partial charge in [-0.05, 0) is 37.3 Å². The van der Waals surface area contributed by atoms with Crippen LogP contribution < -0.4 is 14.8 Å². The molecule has 2 aromatic heterocycles. The third-order valence-corrected chi connectivity index (χ3v) is 4.03. The summed E-state index contributed by atoms with van der Waals surface area (Å²) in [5, 5.41) is 15.6. The van der Waals surface area contributed by atoms with Crippen molar-refractivity contribution in [2.75, 3.05) is 19.0 Å². The van der Waals surface area contributed by atoms with Gasteiger partial charge in [0, 0.05) is 24.0 Å². The van der Waals surface area contributed by atoms with Crippen LogP contribution in [0.2, 0.25) is 0 Å². The number of carbonyl (C=O) groups excluding carboxylic acids is 1. The highest BCUT2D eigenvalue weighted by molar-refractivity contribution is 6.09. The molecule has 3 aromatic rings. The van der Waals surface area contributed by atoms with Crippen LogP contribution in [0.1, 0.15) is 11.5 Å². The van der Waals surface area contributed by atoms with Gasteiger partial charge in [-0.25, -0.2) is 0 Å². The van der Waals surface area contributed by atoms with Crippen molar-refractivity contribution in [2.24, 2.45) is 0 Å². The number of amides is 1. The summed E-state index contributed by atoms with van der Waals surface area (Å²) < 4.78 is 17.7. The molecule has 0 radical (unpaired) electrons. The first-order chi connectivity index (χ1) is 14.1. The lowest BCUT2D eigenvalue weighted by atomic mass is 10.2. The van der Waals surface area contributed by atoms with E-state index in [1.54, 1.807) is 26.2 Å². The van der Waals surface area contributed by atoms with Crippen molar-refractivity contribution in [3.8, 4) is 17.6 Å². The molecule has 0 saturated carbocycles. The molecule has 1 aromatic carbocycles. The SMILES string of the molecule is COc1cccc(OCCn2cccc2/C=C(/C#N)C(=O)Nc2cc(C)on2)c1. The Hall–Kier alpha value is -3.99. The summed E-state index contributed by atoms with van der Waals surface area (Å²) in [4.78, 5) is 12.3. The summed E-state index contributed by atoms with van der Waals surface area (Å²) in [6.45, 7) is 2.66. The van der Waals surface area contributed by atoms with Crippen LogP contribution >= 0.6 is 0 Å². The third-order valence-electron chi connectivity index (χ3n) is 4.03. The first kappa shape index (κ1) is 19.8. The summed E-state index contributed by atoms with van der Waals surface area (Å²) in [7, 11) is 1.60. The minimum atomic E-state index is -0.554. The van der Waals surface area contributed by atoms with Crippen LogP contribution in [0, 0.1) is 18.3 Å². The minimum absolute atomic E-state index is 0.0423. The Morgan fingerprint density at radius 2 is 2.14 bits per heavy atom. The largest absolute Gasteiger partial charge is 0.497 e. The summed E-state index contributed by atoms with van der Waals surface area (Å²) >= 11 is 0. The van der Waals surface area contributed by atoms with Crippen molar-refractivity contribution < 1.29 is 18.8 Å².